The largest absolute Gasteiger partial charge is 0.365 e. The Labute approximate surface area is 148 Å². The van der Waals surface area contributed by atoms with E-state index in [4.69, 9.17) is 0 Å². The number of nitrogens with one attached hydrogen (secondary N) is 2. The molecule has 0 bridgehead atoms. The fourth-order valence-corrected chi connectivity index (χ4v) is 3.48. The fourth-order valence-electron chi connectivity index (χ4n) is 3.18. The molecular weight excluding hydrogens is 373 g/mol. The molecule has 2 atom stereocenters. The van der Waals surface area contributed by atoms with Crippen LogP contribution < -0.4 is 10.6 Å². The number of rotatable bonds is 5. The van der Waals surface area contributed by atoms with Crippen molar-refractivity contribution in [2.24, 2.45) is 0 Å². The lowest BCUT2D eigenvalue weighted by atomic mass is 10.2. The highest BCUT2D eigenvalue weighted by molar-refractivity contribution is 9.10. The van der Waals surface area contributed by atoms with E-state index < -0.39 is 0 Å². The maximum atomic E-state index is 13.9. The quantitative estimate of drug-likeness (QED) is 0.803. The van der Waals surface area contributed by atoms with E-state index in [2.05, 4.69) is 41.5 Å². The van der Waals surface area contributed by atoms with Crippen LogP contribution in [-0.2, 0) is 0 Å². The molecule has 4 rings (SSSR count). The first kappa shape index (κ1) is 15.7. The molecule has 0 radical (unpaired) electrons. The van der Waals surface area contributed by atoms with Gasteiger partial charge in [-0.25, -0.2) is 19.3 Å². The second-order valence-corrected chi connectivity index (χ2v) is 7.51. The maximum absolute atomic E-state index is 13.9. The van der Waals surface area contributed by atoms with E-state index in [-0.39, 0.29) is 11.9 Å². The van der Waals surface area contributed by atoms with Crippen LogP contribution in [-0.4, -0.2) is 27.0 Å². The van der Waals surface area contributed by atoms with Crippen LogP contribution in [0.15, 0.2) is 29.1 Å². The molecule has 0 amide bonds. The van der Waals surface area contributed by atoms with Crippen molar-refractivity contribution < 1.29 is 4.39 Å². The Hall–Kier alpha value is -1.76. The molecule has 2 aromatic heterocycles. The molecule has 0 aliphatic heterocycles. The van der Waals surface area contributed by atoms with E-state index in [1.807, 2.05) is 12.4 Å². The Bertz CT molecular complexity index is 719. The van der Waals surface area contributed by atoms with Gasteiger partial charge in [-0.3, -0.25) is 0 Å². The Morgan fingerprint density at radius 1 is 0.958 bits per heavy atom. The zero-order valence-corrected chi connectivity index (χ0v) is 14.8. The zero-order valence-electron chi connectivity index (χ0n) is 13.2. The summed E-state index contributed by atoms with van der Waals surface area (Å²) in [7, 11) is 0. The van der Waals surface area contributed by atoms with Crippen molar-refractivity contribution in [2.75, 3.05) is 10.6 Å². The van der Waals surface area contributed by atoms with Crippen LogP contribution in [0.1, 0.15) is 43.6 Å². The minimum absolute atomic E-state index is 0.205. The Kier molecular flexibility index (Phi) is 4.35. The highest BCUT2D eigenvalue weighted by atomic mass is 79.9. The van der Waals surface area contributed by atoms with Crippen molar-refractivity contribution >= 4 is 27.7 Å². The van der Waals surface area contributed by atoms with Gasteiger partial charge in [-0.05, 0) is 65.6 Å². The molecule has 2 saturated carbocycles. The van der Waals surface area contributed by atoms with Crippen LogP contribution in [0.4, 0.5) is 16.2 Å². The second kappa shape index (κ2) is 6.63. The monoisotopic (exact) mass is 391 g/mol. The summed E-state index contributed by atoms with van der Waals surface area (Å²) in [5.41, 5.74) is 1.24. The van der Waals surface area contributed by atoms with Gasteiger partial charge in [0.25, 0.3) is 0 Å². The van der Waals surface area contributed by atoms with Gasteiger partial charge in [0.1, 0.15) is 0 Å². The van der Waals surface area contributed by atoms with E-state index in [0.717, 1.165) is 19.3 Å². The summed E-state index contributed by atoms with van der Waals surface area (Å²) >= 11 is 3.22. The minimum Gasteiger partial charge on any atom is -0.365 e. The molecule has 0 unspecified atom stereocenters. The average molecular weight is 392 g/mol. The number of hydrogen-bond acceptors (Lipinski definition) is 5. The number of hydrogen-bond donors (Lipinski definition) is 2. The topological polar surface area (TPSA) is 62.7 Å². The molecule has 2 heterocycles. The summed E-state index contributed by atoms with van der Waals surface area (Å²) in [5, 5.41) is 6.58. The number of aromatic nitrogens is 3. The van der Waals surface area contributed by atoms with E-state index in [1.165, 1.54) is 24.5 Å². The Morgan fingerprint density at radius 3 is 2.33 bits per heavy atom. The molecule has 126 valence electrons. The average Bonchev–Trinajstić information content (AvgIpc) is 3.33. The molecule has 0 aromatic carbocycles. The molecule has 7 heteroatoms. The smallest absolute Gasteiger partial charge is 0.222 e. The van der Waals surface area contributed by atoms with Crippen LogP contribution >= 0.6 is 15.9 Å². The first-order valence-electron chi connectivity index (χ1n) is 8.33. The van der Waals surface area contributed by atoms with Gasteiger partial charge < -0.3 is 10.6 Å². The van der Waals surface area contributed by atoms with Crippen LogP contribution in [0, 0.1) is 5.82 Å². The lowest BCUT2D eigenvalue weighted by Gasteiger charge is -2.15. The molecule has 5 nitrogen and oxygen atoms in total. The molecular formula is C17H19BrFN5. The van der Waals surface area contributed by atoms with Gasteiger partial charge in [-0.1, -0.05) is 0 Å². The first-order chi connectivity index (χ1) is 11.7. The number of pyridine rings is 1. The molecule has 2 aliphatic carbocycles. The molecule has 0 spiro atoms. The normalized spacial score (nSPS) is 23.2. The van der Waals surface area contributed by atoms with E-state index in [1.54, 1.807) is 6.20 Å². The lowest BCUT2D eigenvalue weighted by molar-refractivity contribution is 0.615. The van der Waals surface area contributed by atoms with Crippen molar-refractivity contribution in [2.45, 2.75) is 50.1 Å². The third-order valence-corrected chi connectivity index (χ3v) is 5.07. The summed E-state index contributed by atoms with van der Waals surface area (Å²) in [5.74, 6) is 1.33. The maximum Gasteiger partial charge on any atom is 0.222 e. The second-order valence-electron chi connectivity index (χ2n) is 6.59. The minimum atomic E-state index is -0.334. The zero-order chi connectivity index (χ0) is 16.5. The Balaban J connectivity index is 1.32. The highest BCUT2D eigenvalue weighted by Gasteiger charge is 2.27. The summed E-state index contributed by atoms with van der Waals surface area (Å²) in [6, 6.07) is 1.93. The van der Waals surface area contributed by atoms with Crippen molar-refractivity contribution in [1.82, 2.24) is 15.0 Å². The molecule has 2 aromatic rings. The van der Waals surface area contributed by atoms with Gasteiger partial charge in [-0.15, -0.1) is 0 Å². The predicted octanol–water partition coefficient (Wildman–Crippen LogP) is 4.10. The van der Waals surface area contributed by atoms with Crippen LogP contribution in [0.5, 0.6) is 0 Å². The van der Waals surface area contributed by atoms with E-state index >= 15 is 0 Å². The summed E-state index contributed by atoms with van der Waals surface area (Å²) in [4.78, 5) is 12.9. The van der Waals surface area contributed by atoms with Crippen LogP contribution in [0.25, 0.3) is 0 Å². The number of halogens is 2. The van der Waals surface area contributed by atoms with Gasteiger partial charge in [-0.2, -0.15) is 0 Å². The third kappa shape index (κ3) is 3.66. The molecule has 24 heavy (non-hydrogen) atoms. The standard InChI is InChI=1S/C17H19BrFN5/c18-12-5-15(19)16(20-9-12)23-13-3-4-14(6-13)24-17-21-7-11(8-22-17)10-1-2-10/h5,7-10,13-14H,1-4,6H2,(H,20,23)(H,21,22,24)/t13-,14-/m0/s1. The molecule has 2 N–H and O–H groups in total. The van der Waals surface area contributed by atoms with Crippen LogP contribution in [0.3, 0.4) is 0 Å². The predicted molar refractivity (Wildman–Crippen MR) is 94.6 cm³/mol. The summed E-state index contributed by atoms with van der Waals surface area (Å²) in [6.45, 7) is 0. The van der Waals surface area contributed by atoms with Gasteiger partial charge >= 0.3 is 0 Å². The molecule has 2 fully saturated rings. The van der Waals surface area contributed by atoms with Crippen molar-refractivity contribution in [3.63, 3.8) is 0 Å². The SMILES string of the molecule is Fc1cc(Br)cnc1N[C@H]1CC[C@H](Nc2ncc(C3CC3)cn2)C1. The van der Waals surface area contributed by atoms with Gasteiger partial charge in [0.05, 0.1) is 0 Å². The molecule has 2 aliphatic rings. The van der Waals surface area contributed by atoms with Crippen molar-refractivity contribution in [3.8, 4) is 0 Å². The van der Waals surface area contributed by atoms with Crippen LogP contribution in [0.2, 0.25) is 0 Å². The van der Waals surface area contributed by atoms with Crippen molar-refractivity contribution in [1.29, 1.82) is 0 Å². The number of anilines is 2. The molecule has 0 saturated heterocycles. The van der Waals surface area contributed by atoms with Gasteiger partial charge in [0.2, 0.25) is 5.95 Å². The summed E-state index contributed by atoms with van der Waals surface area (Å²) in [6.07, 6.45) is 10.8. The third-order valence-electron chi connectivity index (χ3n) is 4.64. The van der Waals surface area contributed by atoms with E-state index in [0.29, 0.717) is 28.2 Å². The fraction of sp³-hybridized carbons (Fsp3) is 0.471. The van der Waals surface area contributed by atoms with E-state index in [9.17, 15) is 4.39 Å². The number of nitrogens with zero attached hydrogens (tertiary/aromatic N) is 3. The van der Waals surface area contributed by atoms with Gasteiger partial charge in [0, 0.05) is 35.1 Å². The van der Waals surface area contributed by atoms with Gasteiger partial charge in [0.15, 0.2) is 11.6 Å². The summed E-state index contributed by atoms with van der Waals surface area (Å²) < 4.78 is 14.5. The Morgan fingerprint density at radius 2 is 1.67 bits per heavy atom. The first-order valence-corrected chi connectivity index (χ1v) is 9.13. The lowest BCUT2D eigenvalue weighted by Crippen LogP contribution is -2.22. The van der Waals surface area contributed by atoms with Crippen molar-refractivity contribution in [3.05, 3.63) is 40.5 Å². The highest BCUT2D eigenvalue weighted by Crippen LogP contribution is 2.39.